The summed E-state index contributed by atoms with van der Waals surface area (Å²) in [6, 6.07) is 0. The number of aliphatic hydroxyl groups is 1. The van der Waals surface area contributed by atoms with E-state index >= 15 is 0 Å². The first-order valence-corrected chi connectivity index (χ1v) is 7.58. The van der Waals surface area contributed by atoms with Crippen LogP contribution in [0.4, 0.5) is 0 Å². The van der Waals surface area contributed by atoms with Crippen LogP contribution in [0.2, 0.25) is 0 Å². The monoisotopic (exact) mass is 292 g/mol. The molecule has 0 unspecified atom stereocenters. The fourth-order valence-corrected chi connectivity index (χ4v) is 1.93. The molecule has 118 valence electrons. The van der Waals surface area contributed by atoms with Crippen molar-refractivity contribution < 1.29 is 9.90 Å². The Labute approximate surface area is 128 Å². The second-order valence-corrected chi connectivity index (χ2v) is 4.95. The van der Waals surface area contributed by atoms with Crippen molar-refractivity contribution >= 4 is 11.6 Å². The van der Waals surface area contributed by atoms with Gasteiger partial charge in [0.1, 0.15) is 5.71 Å². The summed E-state index contributed by atoms with van der Waals surface area (Å²) < 4.78 is 0. The minimum atomic E-state index is -0.200. The van der Waals surface area contributed by atoms with Gasteiger partial charge in [-0.3, -0.25) is 9.79 Å². The van der Waals surface area contributed by atoms with E-state index in [-0.39, 0.29) is 11.7 Å². The van der Waals surface area contributed by atoms with Crippen LogP contribution >= 0.6 is 0 Å². The number of hydrogen-bond donors (Lipinski definition) is 2. The molecule has 0 saturated carbocycles. The molecule has 1 amide bonds. The van der Waals surface area contributed by atoms with Crippen molar-refractivity contribution in [1.29, 1.82) is 0 Å². The van der Waals surface area contributed by atoms with E-state index < -0.39 is 0 Å². The summed E-state index contributed by atoms with van der Waals surface area (Å²) in [5, 5.41) is 11.8. The maximum atomic E-state index is 11.6. The molecule has 0 saturated heterocycles. The first kappa shape index (κ1) is 19.2. The molecule has 4 heteroatoms. The normalized spacial score (nSPS) is 11.0. The fraction of sp³-hybridized carbons (Fsp3) is 0.529. The Morgan fingerprint density at radius 2 is 1.62 bits per heavy atom. The first-order valence-electron chi connectivity index (χ1n) is 7.58. The van der Waals surface area contributed by atoms with Crippen LogP contribution in [-0.4, -0.2) is 23.3 Å². The number of unbranched alkanes of at least 4 members (excludes halogenated alkanes) is 6. The van der Waals surface area contributed by atoms with Gasteiger partial charge in [-0.25, -0.2) is 0 Å². The Bertz CT molecular complexity index is 373. The molecule has 0 aliphatic heterocycles. The van der Waals surface area contributed by atoms with Crippen molar-refractivity contribution in [3.8, 4) is 0 Å². The van der Waals surface area contributed by atoms with Crippen LogP contribution in [-0.2, 0) is 4.79 Å². The van der Waals surface area contributed by atoms with Crippen molar-refractivity contribution in [1.82, 2.24) is 5.32 Å². The number of nitrogens with zero attached hydrogens (tertiary/aromatic N) is 1. The number of amides is 1. The zero-order valence-corrected chi connectivity index (χ0v) is 12.9. The number of allylic oxidation sites excluding steroid dienone is 1. The summed E-state index contributed by atoms with van der Waals surface area (Å²) in [7, 11) is 0. The van der Waals surface area contributed by atoms with Crippen LogP contribution in [0.25, 0.3) is 0 Å². The van der Waals surface area contributed by atoms with E-state index in [4.69, 9.17) is 5.11 Å². The lowest BCUT2D eigenvalue weighted by Crippen LogP contribution is -2.30. The van der Waals surface area contributed by atoms with Crippen LogP contribution in [0.1, 0.15) is 51.4 Å². The Morgan fingerprint density at radius 3 is 2.14 bits per heavy atom. The molecule has 0 aromatic carbocycles. The van der Waals surface area contributed by atoms with Crippen molar-refractivity contribution in [3.05, 3.63) is 37.8 Å². The zero-order valence-electron chi connectivity index (χ0n) is 12.9. The van der Waals surface area contributed by atoms with Gasteiger partial charge in [0.15, 0.2) is 0 Å². The lowest BCUT2D eigenvalue weighted by atomic mass is 10.1. The highest BCUT2D eigenvalue weighted by Crippen LogP contribution is 2.10. The maximum Gasteiger partial charge on any atom is 0.269 e. The lowest BCUT2D eigenvalue weighted by molar-refractivity contribution is -0.114. The highest BCUT2D eigenvalue weighted by molar-refractivity contribution is 6.43. The van der Waals surface area contributed by atoms with Gasteiger partial charge in [-0.1, -0.05) is 51.8 Å². The minimum absolute atomic E-state index is 0.200. The molecule has 21 heavy (non-hydrogen) atoms. The number of aliphatic hydroxyl groups excluding tert-OH is 1. The standard InChI is InChI=1S/C17H28N2O2/c1-4-16(18-5-2)17(21)19-14-12-10-8-6-7-9-11-13-15(3)20/h4-5,20H,1-3,6-14H2,(H,19,21). The highest BCUT2D eigenvalue weighted by atomic mass is 16.3. The number of hydrogen-bond acceptors (Lipinski definition) is 3. The van der Waals surface area contributed by atoms with E-state index in [0.29, 0.717) is 18.7 Å². The molecule has 4 nitrogen and oxygen atoms in total. The Kier molecular flexibility index (Phi) is 12.0. The smallest absolute Gasteiger partial charge is 0.269 e. The molecular weight excluding hydrogens is 264 g/mol. The summed E-state index contributed by atoms with van der Waals surface area (Å²) in [5.74, 6) is 0.0822. The van der Waals surface area contributed by atoms with Gasteiger partial charge < -0.3 is 10.4 Å². The van der Waals surface area contributed by atoms with Crippen LogP contribution in [0.5, 0.6) is 0 Å². The van der Waals surface area contributed by atoms with Crippen LogP contribution < -0.4 is 5.32 Å². The van der Waals surface area contributed by atoms with Crippen molar-refractivity contribution in [2.75, 3.05) is 6.54 Å². The van der Waals surface area contributed by atoms with E-state index in [1.165, 1.54) is 31.5 Å². The minimum Gasteiger partial charge on any atom is -0.513 e. The predicted octanol–water partition coefficient (Wildman–Crippen LogP) is 4.07. The second kappa shape index (κ2) is 13.2. The van der Waals surface area contributed by atoms with E-state index in [1.54, 1.807) is 0 Å². The maximum absolute atomic E-state index is 11.6. The molecular formula is C17H28N2O2. The van der Waals surface area contributed by atoms with E-state index in [1.807, 2.05) is 0 Å². The molecule has 0 bridgehead atoms. The van der Waals surface area contributed by atoms with Crippen molar-refractivity contribution in [2.24, 2.45) is 4.99 Å². The summed E-state index contributed by atoms with van der Waals surface area (Å²) in [4.78, 5) is 15.5. The zero-order chi connectivity index (χ0) is 15.9. The fourth-order valence-electron chi connectivity index (χ4n) is 1.93. The van der Waals surface area contributed by atoms with E-state index in [0.717, 1.165) is 25.7 Å². The summed E-state index contributed by atoms with van der Waals surface area (Å²) >= 11 is 0. The van der Waals surface area contributed by atoms with Crippen molar-refractivity contribution in [3.63, 3.8) is 0 Å². The van der Waals surface area contributed by atoms with Gasteiger partial charge in [-0.2, -0.15) is 0 Å². The third kappa shape index (κ3) is 11.7. The molecule has 0 aromatic heterocycles. The molecule has 0 aromatic rings. The molecule has 0 radical (unpaired) electrons. The Hall–Kier alpha value is -1.84. The van der Waals surface area contributed by atoms with Gasteiger partial charge >= 0.3 is 0 Å². The SMILES string of the molecule is C=CN=C(C=C)C(=O)NCCCCCCCCCC(=C)O. The van der Waals surface area contributed by atoms with Gasteiger partial charge in [0.25, 0.3) is 5.91 Å². The molecule has 2 N–H and O–H groups in total. The predicted molar refractivity (Wildman–Crippen MR) is 89.5 cm³/mol. The van der Waals surface area contributed by atoms with Crippen LogP contribution in [0.3, 0.4) is 0 Å². The lowest BCUT2D eigenvalue weighted by Gasteiger charge is -2.05. The van der Waals surface area contributed by atoms with Gasteiger partial charge in [-0.05, 0) is 18.9 Å². The third-order valence-corrected chi connectivity index (χ3v) is 3.08. The molecule has 0 aliphatic carbocycles. The quantitative estimate of drug-likeness (QED) is 0.305. The van der Waals surface area contributed by atoms with Crippen LogP contribution in [0.15, 0.2) is 42.8 Å². The molecule has 0 aliphatic rings. The molecule has 0 spiro atoms. The second-order valence-electron chi connectivity index (χ2n) is 4.95. The topological polar surface area (TPSA) is 61.7 Å². The first-order chi connectivity index (χ1) is 10.1. The van der Waals surface area contributed by atoms with Crippen LogP contribution in [0, 0.1) is 0 Å². The van der Waals surface area contributed by atoms with Crippen molar-refractivity contribution in [2.45, 2.75) is 51.4 Å². The number of rotatable bonds is 13. The number of nitrogens with one attached hydrogen (secondary N) is 1. The summed E-state index contributed by atoms with van der Waals surface area (Å²) in [5.41, 5.74) is 0.301. The Morgan fingerprint density at radius 1 is 1.05 bits per heavy atom. The van der Waals surface area contributed by atoms with Gasteiger partial charge in [0.2, 0.25) is 0 Å². The number of aliphatic imine (C=N–C) groups is 1. The van der Waals surface area contributed by atoms with E-state index in [9.17, 15) is 4.79 Å². The largest absolute Gasteiger partial charge is 0.513 e. The number of carbonyl (C=O) groups excluding carboxylic acids is 1. The van der Waals surface area contributed by atoms with Gasteiger partial charge in [-0.15, -0.1) is 0 Å². The molecule has 0 rings (SSSR count). The Balaban J connectivity index is 3.46. The van der Waals surface area contributed by atoms with Gasteiger partial charge in [0, 0.05) is 19.2 Å². The molecule has 0 atom stereocenters. The number of carbonyl (C=O) groups is 1. The third-order valence-electron chi connectivity index (χ3n) is 3.08. The van der Waals surface area contributed by atoms with E-state index in [2.05, 4.69) is 30.0 Å². The highest BCUT2D eigenvalue weighted by Gasteiger charge is 2.05. The van der Waals surface area contributed by atoms with Gasteiger partial charge in [0.05, 0.1) is 5.76 Å². The summed E-state index contributed by atoms with van der Waals surface area (Å²) in [6.45, 7) is 11.1. The summed E-state index contributed by atoms with van der Waals surface area (Å²) in [6.07, 6.45) is 11.3. The molecule has 0 fully saturated rings. The average molecular weight is 292 g/mol. The molecule has 0 heterocycles. The average Bonchev–Trinajstić information content (AvgIpc) is 2.46.